The summed E-state index contributed by atoms with van der Waals surface area (Å²) in [6, 6.07) is 2.20. The molecule has 0 aromatic rings. The second kappa shape index (κ2) is 4.69. The minimum atomic E-state index is 0.0176. The highest BCUT2D eigenvalue weighted by Gasteiger charge is 2.39. The van der Waals surface area contributed by atoms with Crippen LogP contribution >= 0.6 is 0 Å². The van der Waals surface area contributed by atoms with Crippen LogP contribution in [-0.4, -0.2) is 6.04 Å². The van der Waals surface area contributed by atoms with E-state index in [0.717, 1.165) is 22.4 Å². The minimum absolute atomic E-state index is 0.0176. The zero-order valence-corrected chi connectivity index (χ0v) is 11.2. The number of nitrogens with zero attached hydrogens (tertiary/aromatic N) is 1. The fourth-order valence-electron chi connectivity index (χ4n) is 2.58. The van der Waals surface area contributed by atoms with Crippen LogP contribution in [0, 0.1) is 17.2 Å². The van der Waals surface area contributed by atoms with Gasteiger partial charge in [0.15, 0.2) is 0 Å². The largest absolute Gasteiger partial charge is 0.404 e. The summed E-state index contributed by atoms with van der Waals surface area (Å²) >= 11 is 0. The monoisotopic (exact) mass is 254 g/mol. The molecule has 0 aromatic heterocycles. The molecule has 1 aliphatic carbocycles. The molecule has 0 spiro atoms. The van der Waals surface area contributed by atoms with E-state index in [1.165, 1.54) is 0 Å². The highest BCUT2D eigenvalue weighted by molar-refractivity contribution is 5.55. The molecule has 1 saturated heterocycles. The molecule has 0 amide bonds. The van der Waals surface area contributed by atoms with Crippen molar-refractivity contribution in [1.82, 2.24) is 5.32 Å². The minimum Gasteiger partial charge on any atom is -0.404 e. The van der Waals surface area contributed by atoms with E-state index < -0.39 is 0 Å². The van der Waals surface area contributed by atoms with Gasteiger partial charge in [0, 0.05) is 17.3 Å². The molecule has 0 saturated carbocycles. The molecule has 2 rings (SSSR count). The van der Waals surface area contributed by atoms with Crippen LogP contribution in [0.1, 0.15) is 13.8 Å². The van der Waals surface area contributed by atoms with Crippen LogP contribution in [0.5, 0.6) is 0 Å². The predicted molar refractivity (Wildman–Crippen MR) is 76.2 cm³/mol. The van der Waals surface area contributed by atoms with E-state index in [-0.39, 0.29) is 12.0 Å². The molecule has 19 heavy (non-hydrogen) atoms. The van der Waals surface area contributed by atoms with Crippen molar-refractivity contribution in [3.8, 4) is 6.07 Å². The summed E-state index contributed by atoms with van der Waals surface area (Å²) in [4.78, 5) is 0. The fourth-order valence-corrected chi connectivity index (χ4v) is 2.58. The van der Waals surface area contributed by atoms with Crippen molar-refractivity contribution in [2.24, 2.45) is 17.4 Å². The SMILES string of the molecule is C=C1NC2C(C)=C(C#N)C=C(N)C2/C1=C/C(C)=C\N. The van der Waals surface area contributed by atoms with E-state index >= 15 is 0 Å². The van der Waals surface area contributed by atoms with Gasteiger partial charge in [-0.2, -0.15) is 5.26 Å². The lowest BCUT2D eigenvalue weighted by Gasteiger charge is -2.26. The number of rotatable bonds is 1. The lowest BCUT2D eigenvalue weighted by molar-refractivity contribution is 0.585. The summed E-state index contributed by atoms with van der Waals surface area (Å²) in [5.41, 5.74) is 16.8. The molecular weight excluding hydrogens is 236 g/mol. The third kappa shape index (κ3) is 2.04. The number of hydrogen-bond acceptors (Lipinski definition) is 4. The molecule has 2 atom stereocenters. The molecule has 4 heteroatoms. The first kappa shape index (κ1) is 13.0. The van der Waals surface area contributed by atoms with Crippen LogP contribution < -0.4 is 16.8 Å². The Bertz CT molecular complexity index is 596. The maximum absolute atomic E-state index is 9.12. The fraction of sp³-hybridized carbons (Fsp3) is 0.267. The normalized spacial score (nSPS) is 28.9. The highest BCUT2D eigenvalue weighted by Crippen LogP contribution is 2.40. The molecule has 1 heterocycles. The smallest absolute Gasteiger partial charge is 0.0992 e. The van der Waals surface area contributed by atoms with Crippen LogP contribution in [0.4, 0.5) is 0 Å². The molecule has 98 valence electrons. The number of nitrogens with two attached hydrogens (primary N) is 2. The molecule has 4 nitrogen and oxygen atoms in total. The van der Waals surface area contributed by atoms with Crippen LogP contribution in [0.2, 0.25) is 0 Å². The predicted octanol–water partition coefficient (Wildman–Crippen LogP) is 1.57. The van der Waals surface area contributed by atoms with Crippen LogP contribution in [-0.2, 0) is 0 Å². The van der Waals surface area contributed by atoms with E-state index in [9.17, 15) is 0 Å². The maximum Gasteiger partial charge on any atom is 0.0992 e. The number of nitriles is 1. The molecule has 0 aromatic carbocycles. The second-order valence-corrected chi connectivity index (χ2v) is 4.94. The Hall–Kier alpha value is -2.41. The van der Waals surface area contributed by atoms with Crippen LogP contribution in [0.3, 0.4) is 0 Å². The molecule has 0 bridgehead atoms. The Labute approximate surface area is 113 Å². The van der Waals surface area contributed by atoms with Crippen molar-refractivity contribution >= 4 is 0 Å². The number of allylic oxidation sites excluding steroid dienone is 5. The van der Waals surface area contributed by atoms with Crippen molar-refractivity contribution in [3.05, 3.63) is 58.6 Å². The van der Waals surface area contributed by atoms with Crippen LogP contribution in [0.25, 0.3) is 0 Å². The summed E-state index contributed by atoms with van der Waals surface area (Å²) in [5, 5.41) is 12.4. The maximum atomic E-state index is 9.12. The van der Waals surface area contributed by atoms with Gasteiger partial charge in [0.05, 0.1) is 17.7 Å². The van der Waals surface area contributed by atoms with E-state index in [2.05, 4.69) is 18.0 Å². The highest BCUT2D eigenvalue weighted by atomic mass is 15.0. The van der Waals surface area contributed by atoms with Crippen molar-refractivity contribution in [1.29, 1.82) is 5.26 Å². The molecule has 2 aliphatic rings. The molecule has 5 N–H and O–H groups in total. The summed E-state index contributed by atoms with van der Waals surface area (Å²) in [5.74, 6) is 0.0273. The summed E-state index contributed by atoms with van der Waals surface area (Å²) in [7, 11) is 0. The Morgan fingerprint density at radius 1 is 1.58 bits per heavy atom. The molecule has 0 radical (unpaired) electrons. The van der Waals surface area contributed by atoms with E-state index in [4.69, 9.17) is 16.7 Å². The first-order valence-electron chi connectivity index (χ1n) is 6.13. The lowest BCUT2D eigenvalue weighted by atomic mass is 9.81. The van der Waals surface area contributed by atoms with Gasteiger partial charge >= 0.3 is 0 Å². The molecule has 2 unspecified atom stereocenters. The zero-order valence-electron chi connectivity index (χ0n) is 11.2. The molecule has 1 aliphatic heterocycles. The van der Waals surface area contributed by atoms with E-state index in [0.29, 0.717) is 11.3 Å². The standard InChI is InChI=1S/C15H18N4/c1-8(6-16)4-12-10(3)19-15-9(2)11(7-17)5-13(18)14(12)15/h4-6,14-15,19H,3,16,18H2,1-2H3/b8-6-,12-4+. The van der Waals surface area contributed by atoms with Gasteiger partial charge in [-0.3, -0.25) is 0 Å². The number of fused-ring (bicyclic) bond motifs is 1. The van der Waals surface area contributed by atoms with E-state index in [1.807, 2.05) is 19.9 Å². The first-order chi connectivity index (χ1) is 8.99. The number of hydrogen-bond donors (Lipinski definition) is 3. The quantitative estimate of drug-likeness (QED) is 0.663. The van der Waals surface area contributed by atoms with Crippen molar-refractivity contribution < 1.29 is 0 Å². The average Bonchev–Trinajstić information content (AvgIpc) is 2.71. The topological polar surface area (TPSA) is 87.9 Å². The van der Waals surface area contributed by atoms with Gasteiger partial charge in [0.25, 0.3) is 0 Å². The van der Waals surface area contributed by atoms with Crippen molar-refractivity contribution in [3.63, 3.8) is 0 Å². The third-order valence-corrected chi connectivity index (χ3v) is 3.67. The van der Waals surface area contributed by atoms with Gasteiger partial charge in [0.1, 0.15) is 0 Å². The van der Waals surface area contributed by atoms with Crippen LogP contribution in [0.15, 0.2) is 58.6 Å². The first-order valence-corrected chi connectivity index (χ1v) is 6.13. The Morgan fingerprint density at radius 3 is 2.84 bits per heavy atom. The van der Waals surface area contributed by atoms with Gasteiger partial charge in [-0.1, -0.05) is 12.7 Å². The summed E-state index contributed by atoms with van der Waals surface area (Å²) < 4.78 is 0. The Balaban J connectivity index is 2.51. The number of nitrogens with one attached hydrogen (secondary N) is 1. The average molecular weight is 254 g/mol. The van der Waals surface area contributed by atoms with Gasteiger partial charge in [0.2, 0.25) is 0 Å². The molecule has 1 fully saturated rings. The lowest BCUT2D eigenvalue weighted by Crippen LogP contribution is -2.34. The second-order valence-electron chi connectivity index (χ2n) is 4.94. The van der Waals surface area contributed by atoms with Crippen molar-refractivity contribution in [2.45, 2.75) is 19.9 Å². The zero-order chi connectivity index (χ0) is 14.2. The van der Waals surface area contributed by atoms with Gasteiger partial charge < -0.3 is 16.8 Å². The Morgan fingerprint density at radius 2 is 2.26 bits per heavy atom. The third-order valence-electron chi connectivity index (χ3n) is 3.67. The summed E-state index contributed by atoms with van der Waals surface area (Å²) in [6.07, 6.45) is 5.30. The van der Waals surface area contributed by atoms with E-state index in [1.54, 1.807) is 12.3 Å². The Kier molecular flexibility index (Phi) is 3.22. The molecular formula is C15H18N4. The van der Waals surface area contributed by atoms with Gasteiger partial charge in [-0.25, -0.2) is 0 Å². The van der Waals surface area contributed by atoms with Crippen molar-refractivity contribution in [2.75, 3.05) is 0 Å². The summed E-state index contributed by atoms with van der Waals surface area (Å²) in [6.45, 7) is 7.91. The van der Waals surface area contributed by atoms with Gasteiger partial charge in [-0.05, 0) is 42.8 Å². The van der Waals surface area contributed by atoms with Gasteiger partial charge in [-0.15, -0.1) is 0 Å².